The molecule has 0 aliphatic carbocycles. The third-order valence-electron chi connectivity index (χ3n) is 3.08. The Morgan fingerprint density at radius 3 is 1.83 bits per heavy atom. The SMILES string of the molecule is CC(=O)O[C@H]1[C@@H](OC(C)=O)[C@@H](CO)O[C@@H](SC(C)C)[C@@H]1OC(C)=O. The van der Waals surface area contributed by atoms with Gasteiger partial charge in [-0.3, -0.25) is 14.4 Å². The van der Waals surface area contributed by atoms with Gasteiger partial charge >= 0.3 is 17.9 Å². The van der Waals surface area contributed by atoms with Gasteiger partial charge in [0.05, 0.1) is 6.61 Å². The molecule has 0 bridgehead atoms. The standard InChI is InChI=1S/C15H24O8S/c1-7(2)24-15-14(22-10(5)19)13(21-9(4)18)12(20-8(3)17)11(6-16)23-15/h7,11-16H,6H2,1-5H3/t11-,12+,13+,14-,15+/m1/s1. The molecule has 5 atom stereocenters. The van der Waals surface area contributed by atoms with Crippen molar-refractivity contribution in [3.63, 3.8) is 0 Å². The Bertz CT molecular complexity index is 466. The first-order valence-electron chi connectivity index (χ1n) is 7.59. The molecule has 0 saturated carbocycles. The lowest BCUT2D eigenvalue weighted by molar-refractivity contribution is -0.236. The number of carbonyl (C=O) groups excluding carboxylic acids is 3. The van der Waals surface area contributed by atoms with Crippen molar-refractivity contribution in [1.82, 2.24) is 0 Å². The molecule has 0 aromatic rings. The van der Waals surface area contributed by atoms with Crippen LogP contribution < -0.4 is 0 Å². The molecule has 1 heterocycles. The molecule has 8 nitrogen and oxygen atoms in total. The van der Waals surface area contributed by atoms with Crippen molar-refractivity contribution in [1.29, 1.82) is 0 Å². The Labute approximate surface area is 145 Å². The lowest BCUT2D eigenvalue weighted by atomic mass is 9.99. The summed E-state index contributed by atoms with van der Waals surface area (Å²) in [6.45, 7) is 7.01. The Morgan fingerprint density at radius 2 is 1.42 bits per heavy atom. The van der Waals surface area contributed by atoms with Crippen molar-refractivity contribution in [2.75, 3.05) is 6.61 Å². The minimum atomic E-state index is -1.08. The van der Waals surface area contributed by atoms with Gasteiger partial charge in [0.2, 0.25) is 0 Å². The van der Waals surface area contributed by atoms with Crippen LogP contribution in [-0.2, 0) is 33.3 Å². The average molecular weight is 364 g/mol. The molecule has 138 valence electrons. The molecule has 1 saturated heterocycles. The lowest BCUT2D eigenvalue weighted by Gasteiger charge is -2.44. The molecule has 0 radical (unpaired) electrons. The number of rotatable bonds is 6. The highest BCUT2D eigenvalue weighted by atomic mass is 32.2. The molecule has 1 fully saturated rings. The van der Waals surface area contributed by atoms with Crippen LogP contribution in [-0.4, -0.2) is 64.7 Å². The average Bonchev–Trinajstić information content (AvgIpc) is 2.42. The number of hydrogen-bond acceptors (Lipinski definition) is 9. The molecule has 0 spiro atoms. The molecule has 1 aliphatic rings. The predicted octanol–water partition coefficient (Wildman–Crippen LogP) is 0.640. The van der Waals surface area contributed by atoms with Gasteiger partial charge in [0.25, 0.3) is 0 Å². The Balaban J connectivity index is 3.20. The molecule has 24 heavy (non-hydrogen) atoms. The van der Waals surface area contributed by atoms with Crippen LogP contribution in [0.15, 0.2) is 0 Å². The fourth-order valence-electron chi connectivity index (χ4n) is 2.38. The maximum Gasteiger partial charge on any atom is 0.303 e. The molecule has 9 heteroatoms. The smallest absolute Gasteiger partial charge is 0.303 e. The summed E-state index contributed by atoms with van der Waals surface area (Å²) < 4.78 is 21.5. The van der Waals surface area contributed by atoms with Crippen LogP contribution in [0.1, 0.15) is 34.6 Å². The number of carbonyl (C=O) groups is 3. The molecule has 0 aromatic heterocycles. The van der Waals surface area contributed by atoms with Gasteiger partial charge in [-0.25, -0.2) is 0 Å². The molecule has 0 aromatic carbocycles. The zero-order valence-corrected chi connectivity index (χ0v) is 15.2. The molecular weight excluding hydrogens is 340 g/mol. The van der Waals surface area contributed by atoms with Crippen molar-refractivity contribution in [2.24, 2.45) is 0 Å². The summed E-state index contributed by atoms with van der Waals surface area (Å²) >= 11 is 1.35. The van der Waals surface area contributed by atoms with Gasteiger partial charge in [-0.1, -0.05) is 13.8 Å². The van der Waals surface area contributed by atoms with Gasteiger partial charge in [0.1, 0.15) is 11.5 Å². The summed E-state index contributed by atoms with van der Waals surface area (Å²) in [6, 6.07) is 0. The van der Waals surface area contributed by atoms with Crippen LogP contribution >= 0.6 is 11.8 Å². The fraction of sp³-hybridized carbons (Fsp3) is 0.800. The number of ether oxygens (including phenoxy) is 4. The molecule has 0 unspecified atom stereocenters. The molecule has 1 rings (SSSR count). The third kappa shape index (κ3) is 5.95. The van der Waals surface area contributed by atoms with Crippen LogP contribution in [0, 0.1) is 0 Å². The van der Waals surface area contributed by atoms with Crippen molar-refractivity contribution in [3.8, 4) is 0 Å². The monoisotopic (exact) mass is 364 g/mol. The van der Waals surface area contributed by atoms with E-state index in [9.17, 15) is 19.5 Å². The van der Waals surface area contributed by atoms with E-state index in [1.807, 2.05) is 13.8 Å². The minimum absolute atomic E-state index is 0.121. The Hall–Kier alpha value is -1.32. The second kappa shape index (κ2) is 9.24. The van der Waals surface area contributed by atoms with Crippen molar-refractivity contribution in [2.45, 2.75) is 69.7 Å². The summed E-state index contributed by atoms with van der Waals surface area (Å²) in [4.78, 5) is 34.3. The predicted molar refractivity (Wildman–Crippen MR) is 85.1 cm³/mol. The van der Waals surface area contributed by atoms with Crippen molar-refractivity contribution < 1.29 is 38.4 Å². The van der Waals surface area contributed by atoms with E-state index < -0.39 is 54.4 Å². The van der Waals surface area contributed by atoms with E-state index in [4.69, 9.17) is 18.9 Å². The van der Waals surface area contributed by atoms with Crippen LogP contribution in [0.4, 0.5) is 0 Å². The van der Waals surface area contributed by atoms with E-state index in [-0.39, 0.29) is 5.25 Å². The Morgan fingerprint density at radius 1 is 0.958 bits per heavy atom. The second-order valence-electron chi connectivity index (χ2n) is 5.63. The number of thioether (sulfide) groups is 1. The lowest BCUT2D eigenvalue weighted by Crippen LogP contribution is -2.61. The summed E-state index contributed by atoms with van der Waals surface area (Å²) in [5.41, 5.74) is -0.679. The third-order valence-corrected chi connectivity index (χ3v) is 4.28. The minimum Gasteiger partial charge on any atom is -0.456 e. The summed E-state index contributed by atoms with van der Waals surface area (Å²) in [7, 11) is 0. The first-order chi connectivity index (χ1) is 11.1. The summed E-state index contributed by atoms with van der Waals surface area (Å²) in [5.74, 6) is -1.84. The molecular formula is C15H24O8S. The highest BCUT2D eigenvalue weighted by Gasteiger charge is 2.51. The highest BCUT2D eigenvalue weighted by molar-refractivity contribution is 8.00. The first kappa shape index (κ1) is 20.7. The molecule has 1 N–H and O–H groups in total. The molecule has 1 aliphatic heterocycles. The topological polar surface area (TPSA) is 108 Å². The van der Waals surface area contributed by atoms with Crippen LogP contribution in [0.5, 0.6) is 0 Å². The number of aliphatic hydroxyl groups excluding tert-OH is 1. The van der Waals surface area contributed by atoms with Gasteiger partial charge < -0.3 is 24.1 Å². The summed E-state index contributed by atoms with van der Waals surface area (Å²) in [5, 5.41) is 9.69. The zero-order valence-electron chi connectivity index (χ0n) is 14.4. The normalized spacial score (nSPS) is 29.9. The van der Waals surface area contributed by atoms with Gasteiger partial charge in [-0.15, -0.1) is 11.8 Å². The van der Waals surface area contributed by atoms with E-state index in [1.54, 1.807) is 0 Å². The first-order valence-corrected chi connectivity index (χ1v) is 8.53. The van der Waals surface area contributed by atoms with E-state index in [2.05, 4.69) is 0 Å². The fourth-order valence-corrected chi connectivity index (χ4v) is 3.49. The zero-order chi connectivity index (χ0) is 18.4. The maximum absolute atomic E-state index is 11.5. The van der Waals surface area contributed by atoms with Gasteiger partial charge in [0.15, 0.2) is 18.3 Å². The van der Waals surface area contributed by atoms with Crippen LogP contribution in [0.25, 0.3) is 0 Å². The Kier molecular flexibility index (Phi) is 7.98. The van der Waals surface area contributed by atoms with Gasteiger partial charge in [-0.05, 0) is 0 Å². The van der Waals surface area contributed by atoms with E-state index in [0.717, 1.165) is 0 Å². The number of esters is 3. The van der Waals surface area contributed by atoms with E-state index in [0.29, 0.717) is 0 Å². The molecule has 0 amide bonds. The number of aliphatic hydroxyl groups is 1. The largest absolute Gasteiger partial charge is 0.456 e. The summed E-state index contributed by atoms with van der Waals surface area (Å²) in [6.07, 6.45) is -4.02. The van der Waals surface area contributed by atoms with Crippen LogP contribution in [0.2, 0.25) is 0 Å². The maximum atomic E-state index is 11.5. The second-order valence-corrected chi connectivity index (χ2v) is 7.31. The number of hydrogen-bond donors (Lipinski definition) is 1. The van der Waals surface area contributed by atoms with Gasteiger partial charge in [0, 0.05) is 26.0 Å². The van der Waals surface area contributed by atoms with Crippen molar-refractivity contribution >= 4 is 29.7 Å². The van der Waals surface area contributed by atoms with E-state index >= 15 is 0 Å². The van der Waals surface area contributed by atoms with Crippen molar-refractivity contribution in [3.05, 3.63) is 0 Å². The highest BCUT2D eigenvalue weighted by Crippen LogP contribution is 2.35. The van der Waals surface area contributed by atoms with E-state index in [1.165, 1.54) is 32.5 Å². The van der Waals surface area contributed by atoms with Crippen LogP contribution in [0.3, 0.4) is 0 Å². The van der Waals surface area contributed by atoms with Gasteiger partial charge in [-0.2, -0.15) is 0 Å². The quantitative estimate of drug-likeness (QED) is 0.536.